The lowest BCUT2D eigenvalue weighted by atomic mass is 10.1. The molecule has 0 radical (unpaired) electrons. The molecule has 0 fully saturated rings. The van der Waals surface area contributed by atoms with Crippen molar-refractivity contribution in [2.45, 2.75) is 25.7 Å². The van der Waals surface area contributed by atoms with Crippen molar-refractivity contribution in [3.05, 3.63) is 23.3 Å². The lowest BCUT2D eigenvalue weighted by Crippen LogP contribution is -2.23. The number of nitrogens with one attached hydrogen (secondary N) is 1. The number of hydrogen-bond donors (Lipinski definition) is 1. The van der Waals surface area contributed by atoms with Gasteiger partial charge in [-0.25, -0.2) is 13.1 Å². The molecule has 0 aliphatic heterocycles. The fourth-order valence-electron chi connectivity index (χ4n) is 1.40. The summed E-state index contributed by atoms with van der Waals surface area (Å²) in [6.45, 7) is 5.89. The van der Waals surface area contributed by atoms with Gasteiger partial charge in [-0.15, -0.1) is 0 Å². The van der Waals surface area contributed by atoms with E-state index in [1.807, 2.05) is 13.8 Å². The summed E-state index contributed by atoms with van der Waals surface area (Å²) >= 11 is 0. The molecule has 90 valence electrons. The van der Waals surface area contributed by atoms with Gasteiger partial charge in [0.2, 0.25) is 10.0 Å². The van der Waals surface area contributed by atoms with Crippen LogP contribution in [0.4, 0.5) is 0 Å². The maximum atomic E-state index is 11.9. The summed E-state index contributed by atoms with van der Waals surface area (Å²) in [7, 11) is -2.00. The Kier molecular flexibility index (Phi) is 3.93. The van der Waals surface area contributed by atoms with E-state index >= 15 is 0 Å². The van der Waals surface area contributed by atoms with Gasteiger partial charge in [-0.2, -0.15) is 0 Å². The van der Waals surface area contributed by atoms with Crippen molar-refractivity contribution in [3.63, 3.8) is 0 Å². The molecule has 1 rings (SSSR count). The van der Waals surface area contributed by atoms with Gasteiger partial charge in [-0.1, -0.05) is 6.92 Å². The highest BCUT2D eigenvalue weighted by molar-refractivity contribution is 7.89. The van der Waals surface area contributed by atoms with Gasteiger partial charge < -0.3 is 4.74 Å². The first-order valence-electron chi connectivity index (χ1n) is 5.07. The average molecular weight is 243 g/mol. The number of ether oxygens (including phenoxy) is 1. The third kappa shape index (κ3) is 2.54. The number of aryl methyl sites for hydroxylation is 2. The highest BCUT2D eigenvalue weighted by atomic mass is 32.2. The van der Waals surface area contributed by atoms with Crippen LogP contribution in [0, 0.1) is 13.8 Å². The molecule has 0 atom stereocenters. The van der Waals surface area contributed by atoms with Gasteiger partial charge in [-0.3, -0.25) is 0 Å². The molecule has 0 bridgehead atoms. The lowest BCUT2D eigenvalue weighted by molar-refractivity contribution is 0.402. The minimum absolute atomic E-state index is 0.194. The van der Waals surface area contributed by atoms with Crippen molar-refractivity contribution in [1.82, 2.24) is 4.72 Å². The van der Waals surface area contributed by atoms with Crippen LogP contribution in [0.3, 0.4) is 0 Å². The Bertz CT molecular complexity index is 480. The van der Waals surface area contributed by atoms with E-state index in [0.29, 0.717) is 12.3 Å². The second-order valence-electron chi connectivity index (χ2n) is 3.59. The highest BCUT2D eigenvalue weighted by Crippen LogP contribution is 2.26. The molecule has 1 aromatic carbocycles. The van der Waals surface area contributed by atoms with Gasteiger partial charge in [-0.05, 0) is 37.1 Å². The molecule has 0 amide bonds. The number of rotatable bonds is 4. The fraction of sp³-hybridized carbons (Fsp3) is 0.455. The predicted octanol–water partition coefficient (Wildman–Crippen LogP) is 1.61. The van der Waals surface area contributed by atoms with Crippen LogP contribution in [-0.4, -0.2) is 22.1 Å². The van der Waals surface area contributed by atoms with E-state index in [1.165, 1.54) is 7.11 Å². The van der Waals surface area contributed by atoms with Crippen molar-refractivity contribution in [2.24, 2.45) is 0 Å². The maximum Gasteiger partial charge on any atom is 0.244 e. The van der Waals surface area contributed by atoms with E-state index in [9.17, 15) is 8.42 Å². The minimum Gasteiger partial charge on any atom is -0.495 e. The fourth-order valence-corrected chi connectivity index (χ4v) is 2.68. The lowest BCUT2D eigenvalue weighted by Gasteiger charge is -2.12. The molecular formula is C11H17NO3S. The van der Waals surface area contributed by atoms with Crippen LogP contribution in [-0.2, 0) is 10.0 Å². The zero-order valence-electron chi connectivity index (χ0n) is 9.99. The molecule has 1 aromatic rings. The molecule has 0 aliphatic carbocycles. The molecule has 0 unspecified atom stereocenters. The molecule has 4 nitrogen and oxygen atoms in total. The van der Waals surface area contributed by atoms with E-state index in [2.05, 4.69) is 4.72 Å². The van der Waals surface area contributed by atoms with E-state index in [4.69, 9.17) is 4.74 Å². The first kappa shape index (κ1) is 13.0. The molecule has 0 spiro atoms. The van der Waals surface area contributed by atoms with Gasteiger partial charge in [0, 0.05) is 6.54 Å². The molecule has 0 saturated heterocycles. The summed E-state index contributed by atoms with van der Waals surface area (Å²) in [4.78, 5) is 0.194. The van der Waals surface area contributed by atoms with Crippen LogP contribution >= 0.6 is 0 Å². The zero-order chi connectivity index (χ0) is 12.3. The smallest absolute Gasteiger partial charge is 0.244 e. The topological polar surface area (TPSA) is 55.4 Å². The second kappa shape index (κ2) is 4.84. The maximum absolute atomic E-state index is 11.9. The molecule has 0 saturated carbocycles. The third-order valence-corrected chi connectivity index (χ3v) is 3.97. The molecular weight excluding hydrogens is 226 g/mol. The summed E-state index contributed by atoms with van der Waals surface area (Å²) in [6, 6.07) is 3.37. The van der Waals surface area contributed by atoms with Crippen molar-refractivity contribution >= 4 is 10.0 Å². The Hall–Kier alpha value is -1.07. The van der Waals surface area contributed by atoms with Crippen LogP contribution < -0.4 is 9.46 Å². The van der Waals surface area contributed by atoms with Gasteiger partial charge in [0.1, 0.15) is 10.6 Å². The number of benzene rings is 1. The van der Waals surface area contributed by atoms with Crippen LogP contribution in [0.1, 0.15) is 18.1 Å². The molecule has 1 N–H and O–H groups in total. The van der Waals surface area contributed by atoms with Crippen LogP contribution in [0.25, 0.3) is 0 Å². The SMILES string of the molecule is CCNS(=O)(=O)c1cc(C)c(C)cc1OC. The minimum atomic E-state index is -3.47. The molecule has 0 aromatic heterocycles. The number of sulfonamides is 1. The highest BCUT2D eigenvalue weighted by Gasteiger charge is 2.19. The summed E-state index contributed by atoms with van der Waals surface area (Å²) in [5.74, 6) is 0.379. The second-order valence-corrected chi connectivity index (χ2v) is 5.32. The van der Waals surface area contributed by atoms with Crippen molar-refractivity contribution < 1.29 is 13.2 Å². The van der Waals surface area contributed by atoms with E-state index in [-0.39, 0.29) is 4.90 Å². The Balaban J connectivity index is 3.38. The summed E-state index contributed by atoms with van der Waals surface area (Å²) in [5.41, 5.74) is 1.93. The number of methoxy groups -OCH3 is 1. The summed E-state index contributed by atoms with van der Waals surface area (Å²) < 4.78 is 31.3. The van der Waals surface area contributed by atoms with Crippen molar-refractivity contribution in [2.75, 3.05) is 13.7 Å². The Morgan fingerprint density at radius 2 is 1.81 bits per heavy atom. The largest absolute Gasteiger partial charge is 0.495 e. The van der Waals surface area contributed by atoms with Gasteiger partial charge in [0.05, 0.1) is 7.11 Å². The van der Waals surface area contributed by atoms with Gasteiger partial charge in [0.25, 0.3) is 0 Å². The summed E-state index contributed by atoms with van der Waals surface area (Å²) in [5, 5.41) is 0. The first-order valence-corrected chi connectivity index (χ1v) is 6.55. The third-order valence-electron chi connectivity index (χ3n) is 2.40. The normalized spacial score (nSPS) is 11.5. The predicted molar refractivity (Wildman–Crippen MR) is 63.3 cm³/mol. The Labute approximate surface area is 96.7 Å². The van der Waals surface area contributed by atoms with Crippen molar-refractivity contribution in [3.8, 4) is 5.75 Å². The van der Waals surface area contributed by atoms with Crippen LogP contribution in [0.2, 0.25) is 0 Å². The Morgan fingerprint density at radius 3 is 2.31 bits per heavy atom. The van der Waals surface area contributed by atoms with Gasteiger partial charge >= 0.3 is 0 Å². The zero-order valence-corrected chi connectivity index (χ0v) is 10.8. The van der Waals surface area contributed by atoms with Gasteiger partial charge in [0.15, 0.2) is 0 Å². The van der Waals surface area contributed by atoms with E-state index < -0.39 is 10.0 Å². The van der Waals surface area contributed by atoms with E-state index in [1.54, 1.807) is 19.1 Å². The molecule has 0 heterocycles. The quantitative estimate of drug-likeness (QED) is 0.874. The monoisotopic (exact) mass is 243 g/mol. The summed E-state index contributed by atoms with van der Waals surface area (Å²) in [6.07, 6.45) is 0. The molecule has 0 aliphatic rings. The van der Waals surface area contributed by atoms with Crippen LogP contribution in [0.5, 0.6) is 5.75 Å². The molecule has 5 heteroatoms. The van der Waals surface area contributed by atoms with E-state index in [0.717, 1.165) is 11.1 Å². The van der Waals surface area contributed by atoms with Crippen LogP contribution in [0.15, 0.2) is 17.0 Å². The standard InChI is InChI=1S/C11H17NO3S/c1-5-12-16(13,14)11-7-9(3)8(2)6-10(11)15-4/h6-7,12H,5H2,1-4H3. The average Bonchev–Trinajstić information content (AvgIpc) is 2.21. The first-order chi connectivity index (χ1) is 7.42. The molecule has 16 heavy (non-hydrogen) atoms. The number of hydrogen-bond acceptors (Lipinski definition) is 3. The Morgan fingerprint density at radius 1 is 1.25 bits per heavy atom. The van der Waals surface area contributed by atoms with Crippen molar-refractivity contribution in [1.29, 1.82) is 0 Å².